The highest BCUT2D eigenvalue weighted by molar-refractivity contribution is 6.31. The fourth-order valence-corrected chi connectivity index (χ4v) is 3.10. The van der Waals surface area contributed by atoms with Crippen molar-refractivity contribution < 1.29 is 4.74 Å². The van der Waals surface area contributed by atoms with Crippen LogP contribution in [-0.4, -0.2) is 29.0 Å². The number of nitrogens with two attached hydrogens (primary N) is 1. The average Bonchev–Trinajstić information content (AvgIpc) is 2.85. The van der Waals surface area contributed by atoms with Crippen molar-refractivity contribution in [2.75, 3.05) is 13.2 Å². The lowest BCUT2D eigenvalue weighted by Crippen LogP contribution is -2.39. The third kappa shape index (κ3) is 2.17. The van der Waals surface area contributed by atoms with Crippen LogP contribution in [0, 0.1) is 5.41 Å². The van der Waals surface area contributed by atoms with Crippen LogP contribution in [0.25, 0.3) is 0 Å². The van der Waals surface area contributed by atoms with E-state index in [1.165, 1.54) is 0 Å². The van der Waals surface area contributed by atoms with Crippen LogP contribution in [0.1, 0.15) is 31.7 Å². The van der Waals surface area contributed by atoms with E-state index in [-0.39, 0.29) is 11.5 Å². The number of hydrogen-bond acceptors (Lipinski definition) is 3. The smallest absolute Gasteiger partial charge is 0.0849 e. The first-order valence-corrected chi connectivity index (χ1v) is 6.93. The van der Waals surface area contributed by atoms with Gasteiger partial charge in [0.2, 0.25) is 0 Å². The summed E-state index contributed by atoms with van der Waals surface area (Å²) in [7, 11) is 1.95. The van der Waals surface area contributed by atoms with Crippen LogP contribution >= 0.6 is 11.6 Å². The quantitative estimate of drug-likeness (QED) is 0.910. The summed E-state index contributed by atoms with van der Waals surface area (Å²) in [4.78, 5) is 0. The van der Waals surface area contributed by atoms with E-state index < -0.39 is 0 Å². The Hall–Kier alpha value is -0.580. The van der Waals surface area contributed by atoms with E-state index in [2.05, 4.69) is 18.9 Å². The minimum absolute atomic E-state index is 0.00243. The van der Waals surface area contributed by atoms with Crippen molar-refractivity contribution in [3.63, 3.8) is 0 Å². The molecule has 0 saturated carbocycles. The van der Waals surface area contributed by atoms with Gasteiger partial charge >= 0.3 is 0 Å². The molecular formula is C13H22ClN3O. The molecule has 0 amide bonds. The molecule has 2 heterocycles. The predicted octanol–water partition coefficient (Wildman–Crippen LogP) is 1.93. The number of aromatic nitrogens is 2. The molecule has 5 heteroatoms. The van der Waals surface area contributed by atoms with Crippen LogP contribution in [0.3, 0.4) is 0 Å². The van der Waals surface area contributed by atoms with Crippen molar-refractivity contribution in [2.45, 2.75) is 39.2 Å². The molecule has 2 rings (SSSR count). The van der Waals surface area contributed by atoms with Gasteiger partial charge in [0.25, 0.3) is 0 Å². The van der Waals surface area contributed by atoms with Crippen LogP contribution in [0.15, 0.2) is 0 Å². The average molecular weight is 272 g/mol. The molecule has 0 aromatic carbocycles. The van der Waals surface area contributed by atoms with E-state index in [9.17, 15) is 0 Å². The second-order valence-electron chi connectivity index (χ2n) is 5.19. The third-order valence-corrected chi connectivity index (χ3v) is 4.70. The Labute approximate surface area is 113 Å². The van der Waals surface area contributed by atoms with E-state index >= 15 is 0 Å². The van der Waals surface area contributed by atoms with Gasteiger partial charge in [-0.05, 0) is 19.8 Å². The number of aryl methyl sites for hydroxylation is 2. The molecule has 2 unspecified atom stereocenters. The summed E-state index contributed by atoms with van der Waals surface area (Å²) >= 11 is 6.41. The van der Waals surface area contributed by atoms with Crippen molar-refractivity contribution >= 4 is 11.6 Å². The molecule has 1 aliphatic rings. The maximum Gasteiger partial charge on any atom is 0.0849 e. The Morgan fingerprint density at radius 3 is 2.78 bits per heavy atom. The Kier molecular flexibility index (Phi) is 3.99. The zero-order valence-corrected chi connectivity index (χ0v) is 12.1. The van der Waals surface area contributed by atoms with Gasteiger partial charge in [-0.3, -0.25) is 4.68 Å². The fraction of sp³-hybridized carbons (Fsp3) is 0.769. The van der Waals surface area contributed by atoms with Crippen LogP contribution < -0.4 is 5.73 Å². The highest BCUT2D eigenvalue weighted by Crippen LogP contribution is 2.39. The molecule has 2 atom stereocenters. The van der Waals surface area contributed by atoms with Gasteiger partial charge in [0.05, 0.1) is 22.5 Å². The number of rotatable bonds is 4. The molecule has 4 nitrogen and oxygen atoms in total. The Morgan fingerprint density at radius 2 is 2.33 bits per heavy atom. The van der Waals surface area contributed by atoms with Crippen LogP contribution in [0.5, 0.6) is 0 Å². The molecule has 1 saturated heterocycles. The summed E-state index contributed by atoms with van der Waals surface area (Å²) in [6, 6.07) is 0. The third-order valence-electron chi connectivity index (χ3n) is 4.26. The Bertz CT molecular complexity index is 432. The molecular weight excluding hydrogens is 250 g/mol. The minimum Gasteiger partial charge on any atom is -0.378 e. The lowest BCUT2D eigenvalue weighted by molar-refractivity contribution is 0.0665. The van der Waals surface area contributed by atoms with Gasteiger partial charge in [-0.15, -0.1) is 0 Å². The van der Waals surface area contributed by atoms with Gasteiger partial charge in [-0.2, -0.15) is 5.10 Å². The van der Waals surface area contributed by atoms with E-state index in [1.807, 2.05) is 11.7 Å². The van der Waals surface area contributed by atoms with E-state index in [4.69, 9.17) is 22.1 Å². The molecule has 18 heavy (non-hydrogen) atoms. The second-order valence-corrected chi connectivity index (χ2v) is 5.57. The second kappa shape index (κ2) is 5.19. The molecule has 1 aromatic heterocycles. The molecule has 1 aromatic rings. The lowest BCUT2D eigenvalue weighted by atomic mass is 9.77. The zero-order chi connectivity index (χ0) is 13.3. The molecule has 102 valence electrons. The maximum atomic E-state index is 6.41. The first kappa shape index (κ1) is 13.8. The summed E-state index contributed by atoms with van der Waals surface area (Å²) < 4.78 is 7.58. The molecule has 0 radical (unpaired) electrons. The number of ether oxygens (including phenoxy) is 1. The van der Waals surface area contributed by atoms with Crippen molar-refractivity contribution in [1.82, 2.24) is 9.78 Å². The van der Waals surface area contributed by atoms with Gasteiger partial charge in [0, 0.05) is 32.0 Å². The molecule has 1 fully saturated rings. The molecule has 2 N–H and O–H groups in total. The summed E-state index contributed by atoms with van der Waals surface area (Å²) in [5, 5.41) is 5.26. The molecule has 0 aliphatic carbocycles. The molecule has 0 bridgehead atoms. The lowest BCUT2D eigenvalue weighted by Gasteiger charge is -2.30. The van der Waals surface area contributed by atoms with Gasteiger partial charge in [-0.1, -0.05) is 18.5 Å². The van der Waals surface area contributed by atoms with Crippen LogP contribution in [0.2, 0.25) is 5.02 Å². The summed E-state index contributed by atoms with van der Waals surface area (Å²) in [6.07, 6.45) is 2.87. The van der Waals surface area contributed by atoms with Crippen LogP contribution in [0.4, 0.5) is 0 Å². The van der Waals surface area contributed by atoms with E-state index in [1.54, 1.807) is 0 Å². The van der Waals surface area contributed by atoms with Crippen molar-refractivity contribution in [3.05, 3.63) is 16.4 Å². The van der Waals surface area contributed by atoms with Gasteiger partial charge in [0.1, 0.15) is 0 Å². The van der Waals surface area contributed by atoms with Gasteiger partial charge in [0.15, 0.2) is 0 Å². The van der Waals surface area contributed by atoms with E-state index in [0.29, 0.717) is 6.54 Å². The highest BCUT2D eigenvalue weighted by atomic mass is 35.5. The standard InChI is InChI=1S/C13H22ClN3O/c1-4-10-12(14)11(17(3)16-10)7-13(8-15)5-6-18-9(13)2/h9H,4-8,15H2,1-3H3. The zero-order valence-electron chi connectivity index (χ0n) is 11.4. The number of hydrogen-bond donors (Lipinski definition) is 1. The monoisotopic (exact) mass is 271 g/mol. The Balaban J connectivity index is 2.30. The largest absolute Gasteiger partial charge is 0.378 e. The van der Waals surface area contributed by atoms with Crippen molar-refractivity contribution in [3.8, 4) is 0 Å². The number of halogens is 1. The topological polar surface area (TPSA) is 53.1 Å². The maximum absolute atomic E-state index is 6.41. The normalized spacial score (nSPS) is 27.9. The minimum atomic E-state index is 0.00243. The van der Waals surface area contributed by atoms with E-state index in [0.717, 1.165) is 42.3 Å². The SMILES string of the molecule is CCc1nn(C)c(CC2(CN)CCOC2C)c1Cl. The summed E-state index contributed by atoms with van der Waals surface area (Å²) in [5.74, 6) is 0. The Morgan fingerprint density at radius 1 is 1.61 bits per heavy atom. The predicted molar refractivity (Wildman–Crippen MR) is 72.8 cm³/mol. The number of nitrogens with zero attached hydrogens (tertiary/aromatic N) is 2. The van der Waals surface area contributed by atoms with Crippen molar-refractivity contribution in [2.24, 2.45) is 18.2 Å². The highest BCUT2D eigenvalue weighted by Gasteiger charge is 2.41. The molecule has 0 spiro atoms. The summed E-state index contributed by atoms with van der Waals surface area (Å²) in [6.45, 7) is 5.58. The fourth-order valence-electron chi connectivity index (χ4n) is 2.74. The van der Waals surface area contributed by atoms with Crippen LogP contribution in [-0.2, 0) is 24.6 Å². The van der Waals surface area contributed by atoms with Crippen molar-refractivity contribution in [1.29, 1.82) is 0 Å². The van der Waals surface area contributed by atoms with Gasteiger partial charge < -0.3 is 10.5 Å². The first-order valence-electron chi connectivity index (χ1n) is 6.56. The first-order chi connectivity index (χ1) is 8.54. The van der Waals surface area contributed by atoms with Gasteiger partial charge in [-0.25, -0.2) is 0 Å². The molecule has 1 aliphatic heterocycles. The summed E-state index contributed by atoms with van der Waals surface area (Å²) in [5.41, 5.74) is 8.04.